The van der Waals surface area contributed by atoms with E-state index in [0.29, 0.717) is 5.11 Å². The molecule has 0 fully saturated rings. The lowest BCUT2D eigenvalue weighted by molar-refractivity contribution is 0.926. The Morgan fingerprint density at radius 3 is 2.85 bits per heavy atom. The van der Waals surface area contributed by atoms with E-state index in [1.165, 1.54) is 21.8 Å². The van der Waals surface area contributed by atoms with Crippen molar-refractivity contribution in [3.8, 4) is 0 Å². The van der Waals surface area contributed by atoms with E-state index >= 15 is 0 Å². The highest BCUT2D eigenvalue weighted by atomic mass is 32.1. The number of hydrogen-bond acceptors (Lipinski definition) is 3. The first-order valence-electron chi connectivity index (χ1n) is 6.24. The van der Waals surface area contributed by atoms with Crippen molar-refractivity contribution in [3.05, 3.63) is 60.3 Å². The molecule has 1 aromatic heterocycles. The van der Waals surface area contributed by atoms with Gasteiger partial charge in [0.15, 0.2) is 5.11 Å². The van der Waals surface area contributed by atoms with Crippen LogP contribution >= 0.6 is 23.8 Å². The SMILES string of the molecule is S=C(NCc1ccccc1)Nc1ccc2sncc2c1. The second kappa shape index (κ2) is 5.98. The van der Waals surface area contributed by atoms with Crippen molar-refractivity contribution < 1.29 is 0 Å². The minimum absolute atomic E-state index is 0.622. The Morgan fingerprint density at radius 2 is 2.00 bits per heavy atom. The molecule has 0 unspecified atom stereocenters. The number of anilines is 1. The van der Waals surface area contributed by atoms with Crippen molar-refractivity contribution in [2.45, 2.75) is 6.54 Å². The smallest absolute Gasteiger partial charge is 0.171 e. The van der Waals surface area contributed by atoms with E-state index in [1.807, 2.05) is 30.5 Å². The summed E-state index contributed by atoms with van der Waals surface area (Å²) in [6.07, 6.45) is 1.87. The quantitative estimate of drug-likeness (QED) is 0.722. The molecule has 2 aromatic carbocycles. The normalized spacial score (nSPS) is 10.4. The number of aromatic nitrogens is 1. The van der Waals surface area contributed by atoms with Crippen molar-refractivity contribution >= 4 is 44.6 Å². The standard InChI is InChI=1S/C15H13N3S2/c19-15(16-9-11-4-2-1-3-5-11)18-13-6-7-14-12(8-13)10-17-20-14/h1-8,10H,9H2,(H2,16,18,19). The molecule has 3 nitrogen and oxygen atoms in total. The molecule has 0 atom stereocenters. The van der Waals surface area contributed by atoms with Gasteiger partial charge in [0.2, 0.25) is 0 Å². The first-order valence-corrected chi connectivity index (χ1v) is 7.43. The van der Waals surface area contributed by atoms with Crippen molar-refractivity contribution in [2.24, 2.45) is 0 Å². The summed E-state index contributed by atoms with van der Waals surface area (Å²) in [7, 11) is 0. The highest BCUT2D eigenvalue weighted by molar-refractivity contribution is 7.80. The molecular formula is C15H13N3S2. The van der Waals surface area contributed by atoms with Gasteiger partial charge in [-0.15, -0.1) is 0 Å². The molecule has 0 aliphatic rings. The third-order valence-corrected chi connectivity index (χ3v) is 3.93. The number of thiocarbonyl (C=S) groups is 1. The number of nitrogens with zero attached hydrogens (tertiary/aromatic N) is 1. The maximum absolute atomic E-state index is 5.30. The Bertz CT molecular complexity index is 722. The van der Waals surface area contributed by atoms with Crippen LogP contribution in [0.15, 0.2) is 54.7 Å². The minimum atomic E-state index is 0.622. The van der Waals surface area contributed by atoms with Crippen molar-refractivity contribution in [3.63, 3.8) is 0 Å². The van der Waals surface area contributed by atoms with E-state index in [0.717, 1.165) is 17.6 Å². The summed E-state index contributed by atoms with van der Waals surface area (Å²) >= 11 is 6.80. The molecule has 3 rings (SSSR count). The van der Waals surface area contributed by atoms with Crippen LogP contribution in [0.25, 0.3) is 10.1 Å². The van der Waals surface area contributed by atoms with Gasteiger partial charge in [-0.05, 0) is 47.5 Å². The third kappa shape index (κ3) is 3.12. The predicted octanol–water partition coefficient (Wildman–Crippen LogP) is 3.78. The predicted molar refractivity (Wildman–Crippen MR) is 89.1 cm³/mol. The highest BCUT2D eigenvalue weighted by Crippen LogP contribution is 2.21. The maximum atomic E-state index is 5.30. The fourth-order valence-electron chi connectivity index (χ4n) is 1.90. The lowest BCUT2D eigenvalue weighted by Crippen LogP contribution is -2.27. The van der Waals surface area contributed by atoms with Gasteiger partial charge >= 0.3 is 0 Å². The Balaban J connectivity index is 1.61. The topological polar surface area (TPSA) is 37.0 Å². The van der Waals surface area contributed by atoms with Gasteiger partial charge in [-0.2, -0.15) is 4.37 Å². The fraction of sp³-hybridized carbons (Fsp3) is 0.0667. The molecule has 1 heterocycles. The zero-order valence-electron chi connectivity index (χ0n) is 10.7. The lowest BCUT2D eigenvalue weighted by atomic mass is 10.2. The molecule has 0 aliphatic carbocycles. The van der Waals surface area contributed by atoms with Crippen LogP contribution in [0.5, 0.6) is 0 Å². The summed E-state index contributed by atoms with van der Waals surface area (Å²) in [6, 6.07) is 16.3. The molecule has 5 heteroatoms. The van der Waals surface area contributed by atoms with Crippen molar-refractivity contribution in [1.29, 1.82) is 0 Å². The summed E-state index contributed by atoms with van der Waals surface area (Å²) in [5, 5.41) is 8.14. The third-order valence-electron chi connectivity index (χ3n) is 2.91. The van der Waals surface area contributed by atoms with Gasteiger partial charge in [0.05, 0.1) is 4.70 Å². The van der Waals surface area contributed by atoms with E-state index in [9.17, 15) is 0 Å². The van der Waals surface area contributed by atoms with Crippen molar-refractivity contribution in [2.75, 3.05) is 5.32 Å². The van der Waals surface area contributed by atoms with Crippen LogP contribution in [0.1, 0.15) is 5.56 Å². The molecule has 0 saturated heterocycles. The number of rotatable bonds is 3. The first kappa shape index (κ1) is 13.0. The maximum Gasteiger partial charge on any atom is 0.171 e. The van der Waals surface area contributed by atoms with E-state index in [4.69, 9.17) is 12.2 Å². The van der Waals surface area contributed by atoms with Gasteiger partial charge in [-0.3, -0.25) is 0 Å². The Morgan fingerprint density at radius 1 is 1.15 bits per heavy atom. The van der Waals surface area contributed by atoms with Gasteiger partial charge in [-0.1, -0.05) is 30.3 Å². The van der Waals surface area contributed by atoms with Crippen LogP contribution in [0.4, 0.5) is 5.69 Å². The largest absolute Gasteiger partial charge is 0.358 e. The van der Waals surface area contributed by atoms with E-state index < -0.39 is 0 Å². The summed E-state index contributed by atoms with van der Waals surface area (Å²) in [5.74, 6) is 0. The Labute approximate surface area is 126 Å². The average Bonchev–Trinajstić information content (AvgIpc) is 2.94. The summed E-state index contributed by atoms with van der Waals surface area (Å²) in [6.45, 7) is 0.717. The minimum Gasteiger partial charge on any atom is -0.358 e. The van der Waals surface area contributed by atoms with Crippen LogP contribution in [-0.4, -0.2) is 9.49 Å². The van der Waals surface area contributed by atoms with E-state index in [-0.39, 0.29) is 0 Å². The molecule has 20 heavy (non-hydrogen) atoms. The van der Waals surface area contributed by atoms with Crippen LogP contribution in [0.3, 0.4) is 0 Å². The summed E-state index contributed by atoms with van der Waals surface area (Å²) < 4.78 is 5.34. The molecule has 2 N–H and O–H groups in total. The number of hydrogen-bond donors (Lipinski definition) is 2. The molecule has 0 bridgehead atoms. The Hall–Kier alpha value is -1.98. The second-order valence-electron chi connectivity index (χ2n) is 4.37. The van der Waals surface area contributed by atoms with Crippen molar-refractivity contribution in [1.82, 2.24) is 9.69 Å². The molecule has 100 valence electrons. The molecule has 0 radical (unpaired) electrons. The molecule has 3 aromatic rings. The molecular weight excluding hydrogens is 286 g/mol. The zero-order chi connectivity index (χ0) is 13.8. The zero-order valence-corrected chi connectivity index (χ0v) is 12.3. The molecule has 0 saturated carbocycles. The van der Waals surface area contributed by atoms with Crippen LogP contribution in [0, 0.1) is 0 Å². The average molecular weight is 299 g/mol. The number of benzene rings is 2. The van der Waals surface area contributed by atoms with Gasteiger partial charge in [0.25, 0.3) is 0 Å². The number of fused-ring (bicyclic) bond motifs is 1. The molecule has 0 spiro atoms. The van der Waals surface area contributed by atoms with Gasteiger partial charge in [-0.25, -0.2) is 0 Å². The van der Waals surface area contributed by atoms with E-state index in [2.05, 4.69) is 39.3 Å². The Kier molecular flexibility index (Phi) is 3.90. The lowest BCUT2D eigenvalue weighted by Gasteiger charge is -2.10. The molecule has 0 aliphatic heterocycles. The van der Waals surface area contributed by atoms with E-state index in [1.54, 1.807) is 0 Å². The fourth-order valence-corrected chi connectivity index (χ4v) is 2.72. The van der Waals surface area contributed by atoms with Gasteiger partial charge < -0.3 is 10.6 Å². The highest BCUT2D eigenvalue weighted by Gasteiger charge is 2.01. The van der Waals surface area contributed by atoms with Crippen LogP contribution in [-0.2, 0) is 6.54 Å². The number of nitrogens with one attached hydrogen (secondary N) is 2. The molecule has 0 amide bonds. The second-order valence-corrected chi connectivity index (χ2v) is 5.61. The summed E-state index contributed by atoms with van der Waals surface area (Å²) in [5.41, 5.74) is 2.18. The monoisotopic (exact) mass is 299 g/mol. The van der Waals surface area contributed by atoms with Gasteiger partial charge in [0, 0.05) is 23.8 Å². The first-order chi connectivity index (χ1) is 9.81. The summed E-state index contributed by atoms with van der Waals surface area (Å²) in [4.78, 5) is 0. The van der Waals surface area contributed by atoms with Crippen LogP contribution in [0.2, 0.25) is 0 Å². The van der Waals surface area contributed by atoms with Gasteiger partial charge in [0.1, 0.15) is 0 Å². The van der Waals surface area contributed by atoms with Crippen LogP contribution < -0.4 is 10.6 Å².